The van der Waals surface area contributed by atoms with E-state index in [1.165, 1.54) is 30.3 Å². The van der Waals surface area contributed by atoms with Gasteiger partial charge in [0.15, 0.2) is 5.69 Å². The van der Waals surface area contributed by atoms with Crippen molar-refractivity contribution in [3.63, 3.8) is 0 Å². The first-order valence-corrected chi connectivity index (χ1v) is 10.2. The molecule has 2 N–H and O–H groups in total. The van der Waals surface area contributed by atoms with Crippen LogP contribution < -0.4 is 5.14 Å². The molecule has 0 fully saturated rings. The molecular weight excluding hydrogens is 427 g/mol. The summed E-state index contributed by atoms with van der Waals surface area (Å²) in [5.74, 6) is 0. The highest BCUT2D eigenvalue weighted by molar-refractivity contribution is 7.89. The fourth-order valence-corrected chi connectivity index (χ4v) is 4.00. The summed E-state index contributed by atoms with van der Waals surface area (Å²) >= 11 is 6.36. The van der Waals surface area contributed by atoms with Crippen molar-refractivity contribution in [2.45, 2.75) is 18.0 Å². The highest BCUT2D eigenvalue weighted by Gasteiger charge is 2.37. The highest BCUT2D eigenvalue weighted by Crippen LogP contribution is 2.39. The maximum atomic E-state index is 13.6. The van der Waals surface area contributed by atoms with Gasteiger partial charge in [0.2, 0.25) is 10.0 Å². The molecule has 0 aliphatic rings. The molecule has 5 nitrogen and oxygen atoms in total. The zero-order valence-electron chi connectivity index (χ0n) is 14.8. The monoisotopic (exact) mass is 439 g/mol. The van der Waals surface area contributed by atoms with Gasteiger partial charge < -0.3 is 0 Å². The molecule has 0 amide bonds. The van der Waals surface area contributed by atoms with E-state index in [1.807, 2.05) is 0 Å². The number of nitrogens with two attached hydrogens (primary N) is 1. The van der Waals surface area contributed by atoms with E-state index < -0.39 is 21.9 Å². The molecule has 0 aliphatic heterocycles. The zero-order valence-corrected chi connectivity index (χ0v) is 16.4. The average Bonchev–Trinajstić information content (AvgIpc) is 3.04. The molecule has 0 aliphatic carbocycles. The van der Waals surface area contributed by atoms with Crippen LogP contribution in [0, 0.1) is 6.92 Å². The molecule has 29 heavy (non-hydrogen) atoms. The number of nitrogens with zero attached hydrogens (tertiary/aromatic N) is 2. The van der Waals surface area contributed by atoms with Crippen molar-refractivity contribution in [2.75, 3.05) is 0 Å². The summed E-state index contributed by atoms with van der Waals surface area (Å²) < 4.78 is 64.9. The van der Waals surface area contributed by atoms with Gasteiger partial charge in [0.05, 0.1) is 21.1 Å². The van der Waals surface area contributed by atoms with Gasteiger partial charge in [-0.2, -0.15) is 18.3 Å². The molecule has 4 rings (SSSR count). The molecule has 1 aromatic heterocycles. The lowest BCUT2D eigenvalue weighted by Crippen LogP contribution is -2.12. The molecule has 0 atom stereocenters. The number of alkyl halides is 3. The first-order valence-electron chi connectivity index (χ1n) is 8.29. The molecule has 1 heterocycles. The number of sulfonamides is 1. The predicted octanol–water partition coefficient (Wildman–Crippen LogP) is 4.81. The smallest absolute Gasteiger partial charge is 0.232 e. The lowest BCUT2D eigenvalue weighted by atomic mass is 10.0. The van der Waals surface area contributed by atoms with Crippen molar-refractivity contribution in [3.05, 3.63) is 64.8 Å². The SMILES string of the molecule is Cc1ccc2c(ccc3c(C(F)(F)F)nn(-c4ccc(S(N)(=O)=O)cc4)c32)c1Cl. The Hall–Kier alpha value is -2.62. The minimum absolute atomic E-state index is 0.0829. The molecule has 0 saturated carbocycles. The van der Waals surface area contributed by atoms with Crippen LogP contribution in [0.5, 0.6) is 0 Å². The molecule has 0 saturated heterocycles. The lowest BCUT2D eigenvalue weighted by Gasteiger charge is -2.09. The van der Waals surface area contributed by atoms with Crippen LogP contribution in [0.1, 0.15) is 11.3 Å². The third-order valence-corrected chi connectivity index (χ3v) is 6.08. The number of primary sulfonamides is 1. The number of aromatic nitrogens is 2. The Bertz CT molecular complexity index is 1380. The predicted molar refractivity (Wildman–Crippen MR) is 105 cm³/mol. The van der Waals surface area contributed by atoms with E-state index in [0.29, 0.717) is 15.8 Å². The van der Waals surface area contributed by atoms with E-state index in [1.54, 1.807) is 25.1 Å². The van der Waals surface area contributed by atoms with Crippen molar-refractivity contribution in [1.82, 2.24) is 9.78 Å². The number of aryl methyl sites for hydroxylation is 1. The number of rotatable bonds is 2. The largest absolute Gasteiger partial charge is 0.435 e. The third-order valence-electron chi connectivity index (χ3n) is 4.65. The van der Waals surface area contributed by atoms with Gasteiger partial charge in [-0.05, 0) is 42.8 Å². The molecule has 3 aromatic carbocycles. The molecule has 150 valence electrons. The van der Waals surface area contributed by atoms with Crippen LogP contribution in [0.15, 0.2) is 53.4 Å². The first kappa shape index (κ1) is 19.7. The van der Waals surface area contributed by atoms with Gasteiger partial charge in [0.25, 0.3) is 0 Å². The normalized spacial score (nSPS) is 12.8. The minimum atomic E-state index is -4.67. The van der Waals surface area contributed by atoms with Crippen LogP contribution in [0.3, 0.4) is 0 Å². The van der Waals surface area contributed by atoms with Crippen LogP contribution in [0.4, 0.5) is 13.2 Å². The van der Waals surface area contributed by atoms with Crippen LogP contribution in [0.2, 0.25) is 5.02 Å². The van der Waals surface area contributed by atoms with Crippen LogP contribution in [0.25, 0.3) is 27.4 Å². The third kappa shape index (κ3) is 3.25. The van der Waals surface area contributed by atoms with E-state index >= 15 is 0 Å². The fourth-order valence-electron chi connectivity index (χ4n) is 3.26. The van der Waals surface area contributed by atoms with Crippen LogP contribution in [-0.4, -0.2) is 18.2 Å². The number of hydrogen-bond donors (Lipinski definition) is 1. The molecule has 4 aromatic rings. The van der Waals surface area contributed by atoms with Gasteiger partial charge in [0.1, 0.15) is 0 Å². The standard InChI is InChI=1S/C19H13ClF3N3O2S/c1-10-2-7-14-13(16(10)20)8-9-15-17(14)26(25-18(15)19(21,22)23)11-3-5-12(6-4-11)29(24,27)28/h2-9H,1H3,(H2,24,27,28). The Balaban J connectivity index is 2.10. The Morgan fingerprint density at radius 3 is 2.14 bits per heavy atom. The topological polar surface area (TPSA) is 78.0 Å². The summed E-state index contributed by atoms with van der Waals surface area (Å²) in [6, 6.07) is 11.4. The maximum Gasteiger partial charge on any atom is 0.435 e. The summed E-state index contributed by atoms with van der Waals surface area (Å²) in [6.07, 6.45) is -4.67. The maximum absolute atomic E-state index is 13.6. The average molecular weight is 440 g/mol. The van der Waals surface area contributed by atoms with Gasteiger partial charge in [-0.1, -0.05) is 29.8 Å². The van der Waals surface area contributed by atoms with Crippen molar-refractivity contribution in [3.8, 4) is 5.69 Å². The Kier molecular flexibility index (Phi) is 4.38. The van der Waals surface area contributed by atoms with Gasteiger partial charge in [0, 0.05) is 16.2 Å². The molecule has 0 unspecified atom stereocenters. The van der Waals surface area contributed by atoms with E-state index in [0.717, 1.165) is 10.2 Å². The summed E-state index contributed by atoms with van der Waals surface area (Å²) in [7, 11) is -3.93. The van der Waals surface area contributed by atoms with E-state index in [4.69, 9.17) is 16.7 Å². The van der Waals surface area contributed by atoms with Gasteiger partial charge in [-0.25, -0.2) is 18.2 Å². The summed E-state index contributed by atoms with van der Waals surface area (Å²) in [5, 5.41) is 10.3. The zero-order chi connectivity index (χ0) is 21.1. The Labute approximate surface area is 168 Å². The Morgan fingerprint density at radius 2 is 1.55 bits per heavy atom. The molecule has 0 spiro atoms. The number of fused-ring (bicyclic) bond motifs is 3. The molecule has 10 heteroatoms. The summed E-state index contributed by atoms with van der Waals surface area (Å²) in [4.78, 5) is -0.155. The molecule has 0 radical (unpaired) electrons. The first-order chi connectivity index (χ1) is 13.5. The molecular formula is C19H13ClF3N3O2S. The highest BCUT2D eigenvalue weighted by atomic mass is 35.5. The number of hydrogen-bond acceptors (Lipinski definition) is 3. The lowest BCUT2D eigenvalue weighted by molar-refractivity contribution is -0.140. The van der Waals surface area contributed by atoms with E-state index in [9.17, 15) is 21.6 Å². The second kappa shape index (κ2) is 6.45. The van der Waals surface area contributed by atoms with Gasteiger partial charge in [-0.3, -0.25) is 0 Å². The Morgan fingerprint density at radius 1 is 0.966 bits per heavy atom. The van der Waals surface area contributed by atoms with Gasteiger partial charge in [-0.15, -0.1) is 0 Å². The number of benzene rings is 3. The van der Waals surface area contributed by atoms with Crippen molar-refractivity contribution < 1.29 is 21.6 Å². The van der Waals surface area contributed by atoms with Crippen molar-refractivity contribution in [1.29, 1.82) is 0 Å². The minimum Gasteiger partial charge on any atom is -0.232 e. The van der Waals surface area contributed by atoms with E-state index in [-0.39, 0.29) is 21.5 Å². The fraction of sp³-hybridized carbons (Fsp3) is 0.105. The second-order valence-electron chi connectivity index (χ2n) is 6.55. The summed E-state index contributed by atoms with van der Waals surface area (Å²) in [5.41, 5.74) is 0.224. The van der Waals surface area contributed by atoms with Crippen LogP contribution >= 0.6 is 11.6 Å². The van der Waals surface area contributed by atoms with Crippen LogP contribution in [-0.2, 0) is 16.2 Å². The summed E-state index contributed by atoms with van der Waals surface area (Å²) in [6.45, 7) is 1.80. The quantitative estimate of drug-likeness (QED) is 0.487. The van der Waals surface area contributed by atoms with E-state index in [2.05, 4.69) is 5.10 Å². The molecule has 0 bridgehead atoms. The van der Waals surface area contributed by atoms with Crippen molar-refractivity contribution in [2.24, 2.45) is 5.14 Å². The van der Waals surface area contributed by atoms with Gasteiger partial charge >= 0.3 is 6.18 Å². The number of halogens is 4. The second-order valence-corrected chi connectivity index (χ2v) is 8.49. The van der Waals surface area contributed by atoms with Crippen molar-refractivity contribution >= 4 is 43.3 Å².